The van der Waals surface area contributed by atoms with Gasteiger partial charge >= 0.3 is 6.01 Å². The predicted octanol–water partition coefficient (Wildman–Crippen LogP) is 0.826. The summed E-state index contributed by atoms with van der Waals surface area (Å²) in [6.07, 6.45) is -0.352. The van der Waals surface area contributed by atoms with Gasteiger partial charge < -0.3 is 14.5 Å². The molecule has 1 aromatic heterocycles. The van der Waals surface area contributed by atoms with E-state index >= 15 is 0 Å². The number of nitrogens with zero attached hydrogens (tertiary/aromatic N) is 4. The lowest BCUT2D eigenvalue weighted by atomic mass is 10.2. The molecule has 1 saturated heterocycles. The zero-order valence-electron chi connectivity index (χ0n) is 9.76. The van der Waals surface area contributed by atoms with Gasteiger partial charge in [-0.2, -0.15) is 4.98 Å². The molecular weight excluding hydrogens is 252 g/mol. The van der Waals surface area contributed by atoms with Gasteiger partial charge in [-0.25, -0.2) is 0 Å². The second-order valence-corrected chi connectivity index (χ2v) is 4.26. The third kappa shape index (κ3) is 2.13. The number of nitro benzene ring substituents is 1. The Kier molecular flexibility index (Phi) is 2.64. The van der Waals surface area contributed by atoms with Crippen LogP contribution in [0.1, 0.15) is 0 Å². The summed E-state index contributed by atoms with van der Waals surface area (Å²) in [6, 6.07) is 6.26. The molecule has 0 spiro atoms. The molecule has 1 aliphatic heterocycles. The van der Waals surface area contributed by atoms with Gasteiger partial charge in [-0.1, -0.05) is 5.16 Å². The fourth-order valence-electron chi connectivity index (χ4n) is 1.80. The van der Waals surface area contributed by atoms with Gasteiger partial charge in [0.15, 0.2) is 0 Å². The standard InChI is InChI=1S/C11H10N4O4/c16-9-5-14(6-9)11-12-10(13-19-11)7-1-3-8(4-2-7)15(17)18/h1-4,9,16H,5-6H2. The molecule has 8 nitrogen and oxygen atoms in total. The fourth-order valence-corrected chi connectivity index (χ4v) is 1.80. The van der Waals surface area contributed by atoms with E-state index in [1.807, 2.05) is 0 Å². The largest absolute Gasteiger partial charge is 0.389 e. The number of non-ortho nitro benzene ring substituents is 1. The number of rotatable bonds is 3. The number of aliphatic hydroxyl groups is 1. The molecule has 1 N–H and O–H groups in total. The molecule has 8 heteroatoms. The first-order chi connectivity index (χ1) is 9.13. The second kappa shape index (κ2) is 4.32. The number of hydrogen-bond acceptors (Lipinski definition) is 7. The summed E-state index contributed by atoms with van der Waals surface area (Å²) in [5.74, 6) is 0.367. The number of nitro groups is 1. The number of anilines is 1. The Bertz CT molecular complexity index is 603. The molecule has 0 bridgehead atoms. The van der Waals surface area contributed by atoms with Gasteiger partial charge in [-0.3, -0.25) is 10.1 Å². The molecule has 0 radical (unpaired) electrons. The van der Waals surface area contributed by atoms with Crippen molar-refractivity contribution in [1.82, 2.24) is 10.1 Å². The Hall–Kier alpha value is -2.48. The van der Waals surface area contributed by atoms with Crippen LogP contribution in [-0.4, -0.2) is 39.4 Å². The SMILES string of the molecule is O=[N+]([O-])c1ccc(-c2noc(N3CC(O)C3)n2)cc1. The number of aliphatic hydroxyl groups excluding tert-OH is 1. The summed E-state index contributed by atoms with van der Waals surface area (Å²) in [7, 11) is 0. The molecule has 0 unspecified atom stereocenters. The van der Waals surface area contributed by atoms with Crippen molar-refractivity contribution in [2.75, 3.05) is 18.0 Å². The molecule has 19 heavy (non-hydrogen) atoms. The van der Waals surface area contributed by atoms with E-state index < -0.39 is 4.92 Å². The lowest BCUT2D eigenvalue weighted by Crippen LogP contribution is -2.51. The van der Waals surface area contributed by atoms with Crippen LogP contribution in [0, 0.1) is 10.1 Å². The summed E-state index contributed by atoms with van der Waals surface area (Å²) in [5, 5.41) is 23.5. The van der Waals surface area contributed by atoms with E-state index in [0.29, 0.717) is 30.5 Å². The van der Waals surface area contributed by atoms with Gasteiger partial charge in [-0.15, -0.1) is 0 Å². The van der Waals surface area contributed by atoms with Crippen molar-refractivity contribution >= 4 is 11.7 Å². The summed E-state index contributed by atoms with van der Waals surface area (Å²) >= 11 is 0. The highest BCUT2D eigenvalue weighted by Crippen LogP contribution is 2.24. The molecule has 1 aliphatic rings. The first kappa shape index (κ1) is 11.6. The van der Waals surface area contributed by atoms with E-state index in [9.17, 15) is 15.2 Å². The van der Waals surface area contributed by atoms with Gasteiger partial charge in [0.05, 0.1) is 24.1 Å². The minimum Gasteiger partial charge on any atom is -0.389 e. The average Bonchev–Trinajstić information content (AvgIpc) is 2.84. The molecule has 1 fully saturated rings. The highest BCUT2D eigenvalue weighted by molar-refractivity contribution is 5.58. The number of aromatic nitrogens is 2. The molecular formula is C11H10N4O4. The first-order valence-electron chi connectivity index (χ1n) is 5.65. The molecule has 2 aromatic rings. The first-order valence-corrected chi connectivity index (χ1v) is 5.65. The molecule has 3 rings (SSSR count). The normalized spacial score (nSPS) is 15.3. The molecule has 0 aliphatic carbocycles. The predicted molar refractivity (Wildman–Crippen MR) is 64.6 cm³/mol. The molecule has 0 saturated carbocycles. The van der Waals surface area contributed by atoms with Crippen LogP contribution in [0.4, 0.5) is 11.7 Å². The topological polar surface area (TPSA) is 106 Å². The summed E-state index contributed by atoms with van der Waals surface area (Å²) in [6.45, 7) is 0.948. The molecule has 0 amide bonds. The van der Waals surface area contributed by atoms with Crippen LogP contribution in [-0.2, 0) is 0 Å². The lowest BCUT2D eigenvalue weighted by molar-refractivity contribution is -0.384. The Morgan fingerprint density at radius 3 is 2.63 bits per heavy atom. The van der Waals surface area contributed by atoms with Crippen LogP contribution in [0.15, 0.2) is 28.8 Å². The van der Waals surface area contributed by atoms with Crippen LogP contribution < -0.4 is 4.90 Å². The second-order valence-electron chi connectivity index (χ2n) is 4.26. The Labute approximate surface area is 107 Å². The monoisotopic (exact) mass is 262 g/mol. The van der Waals surface area contributed by atoms with E-state index in [2.05, 4.69) is 10.1 Å². The fraction of sp³-hybridized carbons (Fsp3) is 0.273. The van der Waals surface area contributed by atoms with Crippen LogP contribution in [0.5, 0.6) is 0 Å². The smallest absolute Gasteiger partial charge is 0.324 e. The van der Waals surface area contributed by atoms with E-state index in [1.165, 1.54) is 12.1 Å². The highest BCUT2D eigenvalue weighted by atomic mass is 16.6. The van der Waals surface area contributed by atoms with Gasteiger partial charge in [0.25, 0.3) is 5.69 Å². The number of benzene rings is 1. The molecule has 1 aromatic carbocycles. The summed E-state index contributed by atoms with van der Waals surface area (Å²) in [5.41, 5.74) is 0.653. The van der Waals surface area contributed by atoms with E-state index in [1.54, 1.807) is 17.0 Å². The van der Waals surface area contributed by atoms with E-state index in [-0.39, 0.29) is 11.8 Å². The molecule has 98 valence electrons. The van der Waals surface area contributed by atoms with Crippen LogP contribution in [0.25, 0.3) is 11.4 Å². The third-order valence-corrected chi connectivity index (χ3v) is 2.88. The van der Waals surface area contributed by atoms with Crippen LogP contribution in [0.2, 0.25) is 0 Å². The van der Waals surface area contributed by atoms with Crippen molar-refractivity contribution in [2.45, 2.75) is 6.10 Å². The zero-order valence-corrected chi connectivity index (χ0v) is 9.76. The Morgan fingerprint density at radius 1 is 1.37 bits per heavy atom. The van der Waals surface area contributed by atoms with Crippen molar-refractivity contribution in [3.8, 4) is 11.4 Å². The highest BCUT2D eigenvalue weighted by Gasteiger charge is 2.28. The van der Waals surface area contributed by atoms with Gasteiger partial charge in [0.1, 0.15) is 0 Å². The minimum absolute atomic E-state index is 0.0123. The van der Waals surface area contributed by atoms with Gasteiger partial charge in [0, 0.05) is 17.7 Å². The third-order valence-electron chi connectivity index (χ3n) is 2.88. The van der Waals surface area contributed by atoms with Crippen molar-refractivity contribution in [3.63, 3.8) is 0 Å². The van der Waals surface area contributed by atoms with Gasteiger partial charge in [-0.05, 0) is 12.1 Å². The van der Waals surface area contributed by atoms with Crippen molar-refractivity contribution in [2.24, 2.45) is 0 Å². The molecule has 2 heterocycles. The minimum atomic E-state index is -0.465. The average molecular weight is 262 g/mol. The summed E-state index contributed by atoms with van der Waals surface area (Å²) < 4.78 is 5.07. The van der Waals surface area contributed by atoms with Crippen LogP contribution >= 0.6 is 0 Å². The summed E-state index contributed by atoms with van der Waals surface area (Å²) in [4.78, 5) is 16.0. The van der Waals surface area contributed by atoms with Crippen molar-refractivity contribution in [3.05, 3.63) is 34.4 Å². The Balaban J connectivity index is 1.80. The van der Waals surface area contributed by atoms with Gasteiger partial charge in [0.2, 0.25) is 5.82 Å². The molecule has 0 atom stereocenters. The maximum Gasteiger partial charge on any atom is 0.324 e. The maximum atomic E-state index is 10.5. The maximum absolute atomic E-state index is 10.5. The number of β-amino-alcohol motifs (C(OH)–C–C–N with tert-alkyl or cyclic N) is 1. The van der Waals surface area contributed by atoms with Crippen LogP contribution in [0.3, 0.4) is 0 Å². The van der Waals surface area contributed by atoms with E-state index in [4.69, 9.17) is 4.52 Å². The zero-order chi connectivity index (χ0) is 13.4. The van der Waals surface area contributed by atoms with Crippen molar-refractivity contribution < 1.29 is 14.6 Å². The Morgan fingerprint density at radius 2 is 2.05 bits per heavy atom. The lowest BCUT2D eigenvalue weighted by Gasteiger charge is -2.33. The van der Waals surface area contributed by atoms with Crippen molar-refractivity contribution in [1.29, 1.82) is 0 Å². The number of hydrogen-bond donors (Lipinski definition) is 1. The van der Waals surface area contributed by atoms with E-state index in [0.717, 1.165) is 0 Å². The quantitative estimate of drug-likeness (QED) is 0.644.